The second-order valence-corrected chi connectivity index (χ2v) is 4.99. The molecule has 2 N–H and O–H groups in total. The van der Waals surface area contributed by atoms with Crippen molar-refractivity contribution in [3.8, 4) is 0 Å². The summed E-state index contributed by atoms with van der Waals surface area (Å²) in [4.78, 5) is 11.8. The fourth-order valence-corrected chi connectivity index (χ4v) is 1.88. The summed E-state index contributed by atoms with van der Waals surface area (Å²) >= 11 is 2.95. The van der Waals surface area contributed by atoms with E-state index in [-0.39, 0.29) is 17.5 Å². The molecule has 19 heavy (non-hydrogen) atoms. The van der Waals surface area contributed by atoms with Gasteiger partial charge in [-0.25, -0.2) is 0 Å². The molecule has 106 valence electrons. The van der Waals surface area contributed by atoms with Crippen LogP contribution in [-0.4, -0.2) is 23.7 Å². The van der Waals surface area contributed by atoms with Gasteiger partial charge in [-0.2, -0.15) is 13.2 Å². The van der Waals surface area contributed by atoms with Crippen molar-refractivity contribution in [1.29, 1.82) is 0 Å². The van der Waals surface area contributed by atoms with E-state index in [4.69, 9.17) is 5.11 Å². The van der Waals surface area contributed by atoms with E-state index in [2.05, 4.69) is 21.2 Å². The predicted octanol–water partition coefficient (Wildman–Crippen LogP) is 2.97. The predicted molar refractivity (Wildman–Crippen MR) is 67.8 cm³/mol. The normalized spacial score (nSPS) is 13.2. The van der Waals surface area contributed by atoms with Crippen molar-refractivity contribution in [3.05, 3.63) is 33.8 Å². The molecule has 7 heteroatoms. The molecule has 0 aromatic heterocycles. The van der Waals surface area contributed by atoms with E-state index >= 15 is 0 Å². The number of hydrogen-bond acceptors (Lipinski definition) is 2. The molecule has 1 aromatic carbocycles. The maximum Gasteiger partial charge on any atom is 0.417 e. The first kappa shape index (κ1) is 16.0. The number of carbonyl (C=O) groups excluding carboxylic acids is 1. The monoisotopic (exact) mass is 339 g/mol. The van der Waals surface area contributed by atoms with E-state index in [0.29, 0.717) is 0 Å². The van der Waals surface area contributed by atoms with Crippen LogP contribution in [0.5, 0.6) is 0 Å². The van der Waals surface area contributed by atoms with E-state index in [1.807, 2.05) is 0 Å². The number of aliphatic hydroxyl groups is 1. The van der Waals surface area contributed by atoms with Crippen LogP contribution in [-0.2, 0) is 6.18 Å². The molecule has 0 aliphatic carbocycles. The van der Waals surface area contributed by atoms with Crippen LogP contribution in [0.2, 0.25) is 0 Å². The Labute approximate surface area is 116 Å². The fraction of sp³-hybridized carbons (Fsp3) is 0.417. The SMILES string of the molecule is C[C@H](CCO)NC(=O)c1ccc(Br)cc1C(F)(F)F. The van der Waals surface area contributed by atoms with Crippen LogP contribution in [0.15, 0.2) is 22.7 Å². The van der Waals surface area contributed by atoms with Gasteiger partial charge in [0.05, 0.1) is 11.1 Å². The Morgan fingerprint density at radius 2 is 2.11 bits per heavy atom. The first-order valence-corrected chi connectivity index (χ1v) is 6.33. The Kier molecular flexibility index (Phi) is 5.37. The molecule has 0 heterocycles. The molecule has 1 rings (SSSR count). The number of hydrogen-bond donors (Lipinski definition) is 2. The molecule has 0 aliphatic rings. The molecule has 0 radical (unpaired) electrons. The van der Waals surface area contributed by atoms with Crippen LogP contribution in [0.3, 0.4) is 0 Å². The number of rotatable bonds is 4. The van der Waals surface area contributed by atoms with Gasteiger partial charge in [0, 0.05) is 17.1 Å². The zero-order chi connectivity index (χ0) is 14.6. The van der Waals surface area contributed by atoms with Crippen LogP contribution in [0.4, 0.5) is 13.2 Å². The minimum absolute atomic E-state index is 0.145. The van der Waals surface area contributed by atoms with Gasteiger partial charge in [0.2, 0.25) is 0 Å². The van der Waals surface area contributed by atoms with Gasteiger partial charge in [-0.1, -0.05) is 15.9 Å². The number of carbonyl (C=O) groups is 1. The molecule has 0 unspecified atom stereocenters. The number of amides is 1. The van der Waals surface area contributed by atoms with E-state index in [9.17, 15) is 18.0 Å². The Morgan fingerprint density at radius 3 is 2.63 bits per heavy atom. The molecule has 3 nitrogen and oxygen atoms in total. The lowest BCUT2D eigenvalue weighted by atomic mass is 10.1. The molecule has 1 aromatic rings. The van der Waals surface area contributed by atoms with E-state index < -0.39 is 29.3 Å². The largest absolute Gasteiger partial charge is 0.417 e. The highest BCUT2D eigenvalue weighted by molar-refractivity contribution is 9.10. The first-order chi connectivity index (χ1) is 8.75. The van der Waals surface area contributed by atoms with Gasteiger partial charge in [-0.05, 0) is 31.5 Å². The lowest BCUT2D eigenvalue weighted by Crippen LogP contribution is -2.34. The number of halogens is 4. The Morgan fingerprint density at radius 1 is 1.47 bits per heavy atom. The minimum atomic E-state index is -4.60. The quantitative estimate of drug-likeness (QED) is 0.885. The van der Waals surface area contributed by atoms with Crippen LogP contribution in [0.25, 0.3) is 0 Å². The summed E-state index contributed by atoms with van der Waals surface area (Å²) < 4.78 is 38.7. The molecule has 1 amide bonds. The Hall–Kier alpha value is -1.08. The van der Waals surface area contributed by atoms with E-state index in [0.717, 1.165) is 12.1 Å². The number of benzene rings is 1. The summed E-state index contributed by atoms with van der Waals surface area (Å²) in [5.41, 5.74) is -1.42. The zero-order valence-corrected chi connectivity index (χ0v) is 11.7. The van der Waals surface area contributed by atoms with Crippen molar-refractivity contribution in [2.75, 3.05) is 6.61 Å². The maximum absolute atomic E-state index is 12.8. The van der Waals surface area contributed by atoms with Crippen LogP contribution < -0.4 is 5.32 Å². The summed E-state index contributed by atoms with van der Waals surface area (Å²) in [5.74, 6) is -0.805. The van der Waals surface area contributed by atoms with Gasteiger partial charge >= 0.3 is 6.18 Å². The van der Waals surface area contributed by atoms with Crippen molar-refractivity contribution in [1.82, 2.24) is 5.32 Å². The third-order valence-corrected chi connectivity index (χ3v) is 2.96. The minimum Gasteiger partial charge on any atom is -0.396 e. The van der Waals surface area contributed by atoms with E-state index in [1.165, 1.54) is 6.07 Å². The standard InChI is InChI=1S/C12H13BrF3NO2/c1-7(4-5-18)17-11(19)9-3-2-8(13)6-10(9)12(14,15)16/h2-3,6-7,18H,4-5H2,1H3,(H,17,19)/t7-/m1/s1. The van der Waals surface area contributed by atoms with Crippen LogP contribution in [0.1, 0.15) is 29.3 Å². The van der Waals surface area contributed by atoms with Crippen molar-refractivity contribution in [3.63, 3.8) is 0 Å². The summed E-state index contributed by atoms with van der Waals surface area (Å²) in [6, 6.07) is 2.96. The lowest BCUT2D eigenvalue weighted by Gasteiger charge is -2.16. The number of aliphatic hydroxyl groups excluding tert-OH is 1. The van der Waals surface area contributed by atoms with Crippen molar-refractivity contribution < 1.29 is 23.1 Å². The van der Waals surface area contributed by atoms with Crippen molar-refractivity contribution >= 4 is 21.8 Å². The summed E-state index contributed by atoms with van der Waals surface area (Å²) in [6.07, 6.45) is -4.32. The molecular weight excluding hydrogens is 327 g/mol. The number of nitrogens with one attached hydrogen (secondary N) is 1. The molecule has 0 bridgehead atoms. The highest BCUT2D eigenvalue weighted by atomic mass is 79.9. The lowest BCUT2D eigenvalue weighted by molar-refractivity contribution is -0.138. The average molecular weight is 340 g/mol. The van der Waals surface area contributed by atoms with Crippen LogP contribution >= 0.6 is 15.9 Å². The average Bonchev–Trinajstić information content (AvgIpc) is 2.27. The Bertz CT molecular complexity index is 463. The third-order valence-electron chi connectivity index (χ3n) is 2.47. The fourth-order valence-electron chi connectivity index (χ4n) is 1.52. The second-order valence-electron chi connectivity index (χ2n) is 4.07. The summed E-state index contributed by atoms with van der Waals surface area (Å²) in [6.45, 7) is 1.47. The molecule has 0 spiro atoms. The van der Waals surface area contributed by atoms with E-state index in [1.54, 1.807) is 6.92 Å². The van der Waals surface area contributed by atoms with Crippen molar-refractivity contribution in [2.24, 2.45) is 0 Å². The third kappa shape index (κ3) is 4.50. The van der Waals surface area contributed by atoms with Crippen LogP contribution in [0, 0.1) is 0 Å². The Balaban J connectivity index is 3.03. The molecule has 0 saturated heterocycles. The highest BCUT2D eigenvalue weighted by Crippen LogP contribution is 2.33. The van der Waals surface area contributed by atoms with Gasteiger partial charge in [-0.15, -0.1) is 0 Å². The van der Waals surface area contributed by atoms with Gasteiger partial charge in [0.1, 0.15) is 0 Å². The molecule has 0 saturated carbocycles. The summed E-state index contributed by atoms with van der Waals surface area (Å²) in [5, 5.41) is 11.1. The summed E-state index contributed by atoms with van der Waals surface area (Å²) in [7, 11) is 0. The topological polar surface area (TPSA) is 49.3 Å². The first-order valence-electron chi connectivity index (χ1n) is 5.54. The van der Waals surface area contributed by atoms with Gasteiger partial charge in [0.25, 0.3) is 5.91 Å². The second kappa shape index (κ2) is 6.38. The molecule has 0 aliphatic heterocycles. The van der Waals surface area contributed by atoms with Gasteiger partial charge in [-0.3, -0.25) is 4.79 Å². The maximum atomic E-state index is 12.8. The molecule has 1 atom stereocenters. The highest BCUT2D eigenvalue weighted by Gasteiger charge is 2.35. The molecule has 0 fully saturated rings. The number of alkyl halides is 3. The zero-order valence-electron chi connectivity index (χ0n) is 10.1. The smallest absolute Gasteiger partial charge is 0.396 e. The van der Waals surface area contributed by atoms with Gasteiger partial charge in [0.15, 0.2) is 0 Å². The molecular formula is C12H13BrF3NO2. The van der Waals surface area contributed by atoms with Crippen molar-refractivity contribution in [2.45, 2.75) is 25.6 Å². The van der Waals surface area contributed by atoms with Gasteiger partial charge < -0.3 is 10.4 Å².